The number of nitrogens with one attached hydrogen (secondary N) is 1. The van der Waals surface area contributed by atoms with Crippen LogP contribution in [-0.2, 0) is 6.42 Å². The highest BCUT2D eigenvalue weighted by Crippen LogP contribution is 2.35. The van der Waals surface area contributed by atoms with E-state index in [0.717, 1.165) is 24.7 Å². The van der Waals surface area contributed by atoms with Crippen molar-refractivity contribution in [2.45, 2.75) is 38.1 Å². The normalized spacial score (nSPS) is 25.5. The van der Waals surface area contributed by atoms with Gasteiger partial charge in [-0.2, -0.15) is 0 Å². The van der Waals surface area contributed by atoms with E-state index in [0.29, 0.717) is 12.0 Å². The van der Waals surface area contributed by atoms with E-state index >= 15 is 0 Å². The first-order valence-electron chi connectivity index (χ1n) is 7.26. The molecule has 0 radical (unpaired) electrons. The van der Waals surface area contributed by atoms with Gasteiger partial charge >= 0.3 is 0 Å². The molecule has 1 aliphatic heterocycles. The standard InChI is InChI=1S/C16H23NO/c1-17-16(12-6-2-3-7-12)14-10-13-8-4-5-9-15(13)18-11-14/h4-5,8-9,12,14,16-17H,2-3,6-7,10-11H2,1H3. The summed E-state index contributed by atoms with van der Waals surface area (Å²) in [6.45, 7) is 0.874. The molecule has 98 valence electrons. The molecule has 1 aliphatic carbocycles. The maximum Gasteiger partial charge on any atom is 0.122 e. The Morgan fingerprint density at radius 3 is 2.72 bits per heavy atom. The summed E-state index contributed by atoms with van der Waals surface area (Å²) < 4.78 is 5.94. The molecule has 3 rings (SSSR count). The number of para-hydroxylation sites is 1. The van der Waals surface area contributed by atoms with E-state index in [9.17, 15) is 0 Å². The van der Waals surface area contributed by atoms with Gasteiger partial charge in [0.05, 0.1) is 6.61 Å². The smallest absolute Gasteiger partial charge is 0.122 e. The predicted molar refractivity (Wildman–Crippen MR) is 73.9 cm³/mol. The SMILES string of the molecule is CNC(C1CCCC1)C1COc2ccccc2C1. The number of hydrogen-bond acceptors (Lipinski definition) is 2. The van der Waals surface area contributed by atoms with Crippen molar-refractivity contribution < 1.29 is 4.74 Å². The molecule has 18 heavy (non-hydrogen) atoms. The molecular formula is C16H23NO. The van der Waals surface area contributed by atoms with Gasteiger partial charge in [0.15, 0.2) is 0 Å². The molecule has 1 aromatic carbocycles. The molecule has 0 bridgehead atoms. The van der Waals surface area contributed by atoms with Gasteiger partial charge in [0.25, 0.3) is 0 Å². The second-order valence-electron chi connectivity index (χ2n) is 5.74. The van der Waals surface area contributed by atoms with Crippen LogP contribution in [-0.4, -0.2) is 19.7 Å². The lowest BCUT2D eigenvalue weighted by Gasteiger charge is -2.35. The number of hydrogen-bond donors (Lipinski definition) is 1. The lowest BCUT2D eigenvalue weighted by Crippen LogP contribution is -2.44. The summed E-state index contributed by atoms with van der Waals surface area (Å²) in [6.07, 6.45) is 6.77. The van der Waals surface area contributed by atoms with Crippen molar-refractivity contribution in [3.05, 3.63) is 29.8 Å². The summed E-state index contributed by atoms with van der Waals surface area (Å²) in [7, 11) is 2.11. The minimum Gasteiger partial charge on any atom is -0.493 e. The van der Waals surface area contributed by atoms with Crippen molar-refractivity contribution >= 4 is 0 Å². The highest BCUT2D eigenvalue weighted by atomic mass is 16.5. The average molecular weight is 245 g/mol. The monoisotopic (exact) mass is 245 g/mol. The van der Waals surface area contributed by atoms with Crippen molar-refractivity contribution in [2.75, 3.05) is 13.7 Å². The molecule has 0 saturated heterocycles. The lowest BCUT2D eigenvalue weighted by atomic mass is 9.82. The topological polar surface area (TPSA) is 21.3 Å². The number of ether oxygens (including phenoxy) is 1. The quantitative estimate of drug-likeness (QED) is 0.884. The predicted octanol–water partition coefficient (Wildman–Crippen LogP) is 3.02. The molecule has 1 fully saturated rings. The van der Waals surface area contributed by atoms with E-state index in [-0.39, 0.29) is 0 Å². The van der Waals surface area contributed by atoms with Crippen molar-refractivity contribution in [1.29, 1.82) is 0 Å². The zero-order chi connectivity index (χ0) is 12.4. The van der Waals surface area contributed by atoms with Gasteiger partial charge in [-0.05, 0) is 43.9 Å². The van der Waals surface area contributed by atoms with Crippen molar-refractivity contribution in [3.63, 3.8) is 0 Å². The van der Waals surface area contributed by atoms with Crippen LogP contribution < -0.4 is 10.1 Å². The molecule has 1 N–H and O–H groups in total. The first-order chi connectivity index (χ1) is 8.88. The summed E-state index contributed by atoms with van der Waals surface area (Å²) in [5, 5.41) is 3.56. The van der Waals surface area contributed by atoms with Gasteiger partial charge in [-0.1, -0.05) is 31.0 Å². The zero-order valence-electron chi connectivity index (χ0n) is 11.2. The largest absolute Gasteiger partial charge is 0.493 e. The Bertz CT molecular complexity index is 398. The van der Waals surface area contributed by atoms with Gasteiger partial charge in [-0.25, -0.2) is 0 Å². The molecule has 1 aromatic rings. The molecule has 2 unspecified atom stereocenters. The van der Waals surface area contributed by atoms with Crippen LogP contribution in [0.4, 0.5) is 0 Å². The molecular weight excluding hydrogens is 222 g/mol. The Balaban J connectivity index is 1.73. The Labute approximate surface area is 110 Å². The molecule has 2 aliphatic rings. The van der Waals surface area contributed by atoms with Crippen LogP contribution >= 0.6 is 0 Å². The number of rotatable bonds is 3. The van der Waals surface area contributed by atoms with E-state index < -0.39 is 0 Å². The maximum atomic E-state index is 5.94. The number of benzene rings is 1. The molecule has 1 heterocycles. The zero-order valence-corrected chi connectivity index (χ0v) is 11.2. The molecule has 2 nitrogen and oxygen atoms in total. The fourth-order valence-corrected chi connectivity index (χ4v) is 3.75. The van der Waals surface area contributed by atoms with E-state index in [1.54, 1.807) is 0 Å². The van der Waals surface area contributed by atoms with Gasteiger partial charge < -0.3 is 10.1 Å². The first kappa shape index (κ1) is 12.0. The highest BCUT2D eigenvalue weighted by molar-refractivity contribution is 5.35. The first-order valence-corrected chi connectivity index (χ1v) is 7.26. The minimum atomic E-state index is 0.626. The average Bonchev–Trinajstić information content (AvgIpc) is 2.93. The summed E-state index contributed by atoms with van der Waals surface area (Å²) in [5.41, 5.74) is 1.38. The minimum absolute atomic E-state index is 0.626. The fourth-order valence-electron chi connectivity index (χ4n) is 3.75. The van der Waals surface area contributed by atoms with Crippen molar-refractivity contribution in [1.82, 2.24) is 5.32 Å². The fraction of sp³-hybridized carbons (Fsp3) is 0.625. The van der Waals surface area contributed by atoms with Gasteiger partial charge in [0.1, 0.15) is 5.75 Å². The van der Waals surface area contributed by atoms with Gasteiger partial charge in [-0.15, -0.1) is 0 Å². The molecule has 0 aromatic heterocycles. The van der Waals surface area contributed by atoms with E-state index in [4.69, 9.17) is 4.74 Å². The maximum absolute atomic E-state index is 5.94. The Morgan fingerprint density at radius 2 is 1.94 bits per heavy atom. The summed E-state index contributed by atoms with van der Waals surface area (Å²) in [5.74, 6) is 2.58. The molecule has 2 atom stereocenters. The van der Waals surface area contributed by atoms with Crippen LogP contribution in [0.1, 0.15) is 31.2 Å². The van der Waals surface area contributed by atoms with E-state index in [1.807, 2.05) is 0 Å². The molecule has 0 amide bonds. The summed E-state index contributed by atoms with van der Waals surface area (Å²) in [6, 6.07) is 9.11. The highest BCUT2D eigenvalue weighted by Gasteiger charge is 2.33. The van der Waals surface area contributed by atoms with Crippen LogP contribution in [0.3, 0.4) is 0 Å². The summed E-state index contributed by atoms with van der Waals surface area (Å²) in [4.78, 5) is 0. The Hall–Kier alpha value is -1.02. The second kappa shape index (κ2) is 5.31. The Morgan fingerprint density at radius 1 is 1.17 bits per heavy atom. The second-order valence-corrected chi connectivity index (χ2v) is 5.74. The van der Waals surface area contributed by atoms with E-state index in [2.05, 4.69) is 36.6 Å². The van der Waals surface area contributed by atoms with Crippen LogP contribution in [0.5, 0.6) is 5.75 Å². The van der Waals surface area contributed by atoms with Crippen molar-refractivity contribution in [3.8, 4) is 5.75 Å². The van der Waals surface area contributed by atoms with Crippen LogP contribution in [0.25, 0.3) is 0 Å². The molecule has 1 saturated carbocycles. The summed E-state index contributed by atoms with van der Waals surface area (Å²) >= 11 is 0. The Kier molecular flexibility index (Phi) is 3.55. The third-order valence-electron chi connectivity index (χ3n) is 4.66. The van der Waals surface area contributed by atoms with Gasteiger partial charge in [-0.3, -0.25) is 0 Å². The van der Waals surface area contributed by atoms with Gasteiger partial charge in [0, 0.05) is 12.0 Å². The third-order valence-corrected chi connectivity index (χ3v) is 4.66. The number of fused-ring (bicyclic) bond motifs is 1. The van der Waals surface area contributed by atoms with E-state index in [1.165, 1.54) is 31.2 Å². The van der Waals surface area contributed by atoms with Crippen LogP contribution in [0, 0.1) is 11.8 Å². The third kappa shape index (κ3) is 2.26. The lowest BCUT2D eigenvalue weighted by molar-refractivity contribution is 0.158. The van der Waals surface area contributed by atoms with Crippen LogP contribution in [0.15, 0.2) is 24.3 Å². The molecule has 2 heteroatoms. The van der Waals surface area contributed by atoms with Gasteiger partial charge in [0.2, 0.25) is 0 Å². The molecule has 0 spiro atoms. The van der Waals surface area contributed by atoms with Crippen molar-refractivity contribution in [2.24, 2.45) is 11.8 Å². The van der Waals surface area contributed by atoms with Crippen LogP contribution in [0.2, 0.25) is 0 Å².